The van der Waals surface area contributed by atoms with E-state index in [2.05, 4.69) is 121 Å². The quantitative estimate of drug-likeness (QED) is 0.233. The molecular formula is C24H15IN2. The van der Waals surface area contributed by atoms with Crippen LogP contribution >= 0.6 is 22.9 Å². The molecule has 0 aliphatic rings. The van der Waals surface area contributed by atoms with Crippen molar-refractivity contribution in [2.75, 3.05) is 0 Å². The minimum Gasteiger partial charge on any atom is -0.307 e. The molecule has 0 radical (unpaired) electrons. The normalized spacial score (nSPS) is 11.9. The van der Waals surface area contributed by atoms with Crippen molar-refractivity contribution in [3.05, 3.63) is 91.0 Å². The van der Waals surface area contributed by atoms with Crippen LogP contribution in [0.25, 0.3) is 49.3 Å². The Morgan fingerprint density at radius 2 is 0.963 bits per heavy atom. The first-order valence-electron chi connectivity index (χ1n) is 9.01. The lowest BCUT2D eigenvalue weighted by Crippen LogP contribution is -1.96. The number of rotatable bonds is 1. The molecule has 128 valence electrons. The van der Waals surface area contributed by atoms with Gasteiger partial charge in [0.1, 0.15) is 0 Å². The standard InChI is InChI=1S/C24H15IN2/c25-27-22-14-6-3-10-18(22)19-11-7-15-23(24(19)27)26-20-12-4-1-8-16(20)17-9-2-5-13-21(17)26/h1-15H. The third-order valence-corrected chi connectivity index (χ3v) is 6.44. The summed E-state index contributed by atoms with van der Waals surface area (Å²) in [7, 11) is 0. The summed E-state index contributed by atoms with van der Waals surface area (Å²) in [5, 5.41) is 5.17. The van der Waals surface area contributed by atoms with Gasteiger partial charge in [0.25, 0.3) is 0 Å². The van der Waals surface area contributed by atoms with E-state index < -0.39 is 0 Å². The number of hydrogen-bond donors (Lipinski definition) is 0. The molecular weight excluding hydrogens is 443 g/mol. The van der Waals surface area contributed by atoms with Gasteiger partial charge in [0.05, 0.1) is 50.6 Å². The van der Waals surface area contributed by atoms with Gasteiger partial charge in [-0.3, -0.25) is 2.78 Å². The fourth-order valence-corrected chi connectivity index (χ4v) is 5.24. The first-order chi connectivity index (χ1) is 13.3. The second-order valence-electron chi connectivity index (χ2n) is 6.84. The van der Waals surface area contributed by atoms with Crippen molar-refractivity contribution in [3.8, 4) is 5.69 Å². The molecule has 2 heterocycles. The highest BCUT2D eigenvalue weighted by atomic mass is 127. The van der Waals surface area contributed by atoms with Gasteiger partial charge in [-0.05, 0) is 24.3 Å². The maximum Gasteiger partial charge on any atom is 0.0830 e. The predicted molar refractivity (Wildman–Crippen MR) is 123 cm³/mol. The van der Waals surface area contributed by atoms with Gasteiger partial charge in [-0.25, -0.2) is 0 Å². The van der Waals surface area contributed by atoms with Crippen LogP contribution in [-0.4, -0.2) is 7.35 Å². The van der Waals surface area contributed by atoms with Gasteiger partial charge in [-0.15, -0.1) is 0 Å². The Hall–Kier alpha value is -2.79. The molecule has 0 aliphatic carbocycles. The average molecular weight is 458 g/mol. The van der Waals surface area contributed by atoms with Gasteiger partial charge in [0.15, 0.2) is 0 Å². The molecule has 6 aromatic rings. The molecule has 3 heteroatoms. The first-order valence-corrected chi connectivity index (χ1v) is 9.98. The van der Waals surface area contributed by atoms with Gasteiger partial charge >= 0.3 is 0 Å². The molecule has 0 spiro atoms. The average Bonchev–Trinajstić information content (AvgIpc) is 3.22. The Morgan fingerprint density at radius 1 is 0.481 bits per heavy atom. The van der Waals surface area contributed by atoms with Crippen LogP contribution in [0.3, 0.4) is 0 Å². The number of fused-ring (bicyclic) bond motifs is 6. The van der Waals surface area contributed by atoms with Gasteiger partial charge in [-0.2, -0.15) is 0 Å². The summed E-state index contributed by atoms with van der Waals surface area (Å²) < 4.78 is 4.70. The lowest BCUT2D eigenvalue weighted by molar-refractivity contribution is 1.19. The van der Waals surface area contributed by atoms with Crippen LogP contribution in [0, 0.1) is 0 Å². The Bertz CT molecular complexity index is 1430. The van der Waals surface area contributed by atoms with Crippen LogP contribution in [0.4, 0.5) is 0 Å². The molecule has 0 saturated carbocycles. The van der Waals surface area contributed by atoms with Crippen LogP contribution in [0.15, 0.2) is 91.0 Å². The Balaban J connectivity index is 1.87. The summed E-state index contributed by atoms with van der Waals surface area (Å²) in [6.45, 7) is 0. The summed E-state index contributed by atoms with van der Waals surface area (Å²) in [6, 6.07) is 32.6. The molecule has 2 nitrogen and oxygen atoms in total. The molecule has 0 atom stereocenters. The summed E-state index contributed by atoms with van der Waals surface area (Å²) in [4.78, 5) is 0. The SMILES string of the molecule is In1c2ccccc2c2cccc(-n3c4ccccc4c4ccccc43)c21. The van der Waals surface area contributed by atoms with Crippen LogP contribution in [-0.2, 0) is 0 Å². The lowest BCUT2D eigenvalue weighted by atomic mass is 10.1. The highest BCUT2D eigenvalue weighted by Gasteiger charge is 2.17. The third kappa shape index (κ3) is 2.00. The smallest absolute Gasteiger partial charge is 0.0830 e. The zero-order chi connectivity index (χ0) is 18.0. The molecule has 0 aliphatic heterocycles. The summed E-state index contributed by atoms with van der Waals surface area (Å²) in [5.41, 5.74) is 6.21. The van der Waals surface area contributed by atoms with Gasteiger partial charge < -0.3 is 4.57 Å². The zero-order valence-corrected chi connectivity index (χ0v) is 16.6. The third-order valence-electron chi connectivity index (χ3n) is 5.44. The van der Waals surface area contributed by atoms with Gasteiger partial charge in [0.2, 0.25) is 0 Å². The van der Waals surface area contributed by atoms with E-state index in [9.17, 15) is 0 Å². The molecule has 2 aromatic heterocycles. The summed E-state index contributed by atoms with van der Waals surface area (Å²) in [6.07, 6.45) is 0. The van der Waals surface area contributed by atoms with Crippen molar-refractivity contribution >= 4 is 66.5 Å². The molecule has 0 bridgehead atoms. The van der Waals surface area contributed by atoms with E-state index in [1.807, 2.05) is 0 Å². The number of aromatic nitrogens is 2. The largest absolute Gasteiger partial charge is 0.307 e. The van der Waals surface area contributed by atoms with Crippen molar-refractivity contribution in [2.45, 2.75) is 0 Å². The fraction of sp³-hybridized carbons (Fsp3) is 0. The van der Waals surface area contributed by atoms with E-state index in [-0.39, 0.29) is 0 Å². The Morgan fingerprint density at radius 3 is 1.59 bits per heavy atom. The topological polar surface area (TPSA) is 9.86 Å². The minimum atomic E-state index is 1.22. The van der Waals surface area contributed by atoms with Gasteiger partial charge in [-0.1, -0.05) is 66.7 Å². The lowest BCUT2D eigenvalue weighted by Gasteiger charge is -2.10. The van der Waals surface area contributed by atoms with Crippen LogP contribution in [0.5, 0.6) is 0 Å². The summed E-state index contributed by atoms with van der Waals surface area (Å²) >= 11 is 2.43. The molecule has 27 heavy (non-hydrogen) atoms. The second kappa shape index (κ2) is 5.60. The minimum absolute atomic E-state index is 1.22. The molecule has 0 amide bonds. The van der Waals surface area contributed by atoms with Crippen molar-refractivity contribution in [1.29, 1.82) is 0 Å². The number of para-hydroxylation sites is 4. The maximum absolute atomic E-state index is 2.43. The van der Waals surface area contributed by atoms with Crippen molar-refractivity contribution < 1.29 is 0 Å². The predicted octanol–water partition coefficient (Wildman–Crippen LogP) is 7.09. The van der Waals surface area contributed by atoms with E-state index in [0.717, 1.165) is 0 Å². The zero-order valence-electron chi connectivity index (χ0n) is 14.4. The van der Waals surface area contributed by atoms with E-state index in [1.165, 1.54) is 49.3 Å². The first kappa shape index (κ1) is 15.3. The Kier molecular flexibility index (Phi) is 3.17. The monoisotopic (exact) mass is 458 g/mol. The van der Waals surface area contributed by atoms with Gasteiger partial charge in [0, 0.05) is 21.5 Å². The van der Waals surface area contributed by atoms with Crippen molar-refractivity contribution in [2.24, 2.45) is 0 Å². The summed E-state index contributed by atoms with van der Waals surface area (Å²) in [5.74, 6) is 0. The number of hydrogen-bond acceptors (Lipinski definition) is 0. The maximum atomic E-state index is 2.43. The van der Waals surface area contributed by atoms with Crippen LogP contribution < -0.4 is 0 Å². The molecule has 0 unspecified atom stereocenters. The molecule has 0 N–H and O–H groups in total. The van der Waals surface area contributed by atoms with Crippen LogP contribution in [0.1, 0.15) is 0 Å². The number of benzene rings is 4. The molecule has 0 fully saturated rings. The highest BCUT2D eigenvalue weighted by molar-refractivity contribution is 14.1. The van der Waals surface area contributed by atoms with Crippen molar-refractivity contribution in [1.82, 2.24) is 7.35 Å². The molecule has 0 saturated heterocycles. The van der Waals surface area contributed by atoms with E-state index in [4.69, 9.17) is 0 Å². The second-order valence-corrected chi connectivity index (χ2v) is 7.81. The van der Waals surface area contributed by atoms with E-state index in [0.29, 0.717) is 0 Å². The Labute approximate surface area is 170 Å². The van der Waals surface area contributed by atoms with Crippen LogP contribution in [0.2, 0.25) is 0 Å². The molecule has 4 aromatic carbocycles. The van der Waals surface area contributed by atoms with E-state index >= 15 is 0 Å². The van der Waals surface area contributed by atoms with E-state index in [1.54, 1.807) is 0 Å². The highest BCUT2D eigenvalue weighted by Crippen LogP contribution is 2.38. The fourth-order valence-electron chi connectivity index (χ4n) is 4.31. The molecule has 6 rings (SSSR count). The number of nitrogens with zero attached hydrogens (tertiary/aromatic N) is 2. The number of halogens is 1. The van der Waals surface area contributed by atoms with Crippen molar-refractivity contribution in [3.63, 3.8) is 0 Å².